The molecule has 1 amide bonds. The second-order valence-electron chi connectivity index (χ2n) is 5.12. The van der Waals surface area contributed by atoms with Gasteiger partial charge >= 0.3 is 0 Å². The summed E-state index contributed by atoms with van der Waals surface area (Å²) in [6, 6.07) is 5.45. The SMILES string of the molecule is CCNc1ccc(N=C2C=C(NC(C)=O)C(=O)C=C2C)cc1Cl. The van der Waals surface area contributed by atoms with E-state index in [2.05, 4.69) is 15.6 Å². The van der Waals surface area contributed by atoms with E-state index < -0.39 is 0 Å². The van der Waals surface area contributed by atoms with Gasteiger partial charge in [-0.2, -0.15) is 0 Å². The van der Waals surface area contributed by atoms with Crippen molar-refractivity contribution < 1.29 is 9.59 Å². The van der Waals surface area contributed by atoms with Crippen molar-refractivity contribution in [1.82, 2.24) is 5.32 Å². The molecule has 0 saturated carbocycles. The molecule has 23 heavy (non-hydrogen) atoms. The smallest absolute Gasteiger partial charge is 0.221 e. The number of carbonyl (C=O) groups is 2. The second kappa shape index (κ2) is 7.24. The van der Waals surface area contributed by atoms with Crippen LogP contribution in [0.3, 0.4) is 0 Å². The number of nitrogens with one attached hydrogen (secondary N) is 2. The van der Waals surface area contributed by atoms with E-state index >= 15 is 0 Å². The number of carbonyl (C=O) groups excluding carboxylic acids is 2. The summed E-state index contributed by atoms with van der Waals surface area (Å²) in [5, 5.41) is 6.25. The first-order valence-corrected chi connectivity index (χ1v) is 7.63. The van der Waals surface area contributed by atoms with Gasteiger partial charge in [-0.25, -0.2) is 4.99 Å². The molecule has 0 unspecified atom stereocenters. The van der Waals surface area contributed by atoms with Crippen LogP contribution in [0.1, 0.15) is 20.8 Å². The van der Waals surface area contributed by atoms with Gasteiger partial charge in [-0.05, 0) is 49.8 Å². The van der Waals surface area contributed by atoms with Crippen LogP contribution in [0.2, 0.25) is 5.02 Å². The highest BCUT2D eigenvalue weighted by molar-refractivity contribution is 6.33. The fourth-order valence-corrected chi connectivity index (χ4v) is 2.37. The lowest BCUT2D eigenvalue weighted by Crippen LogP contribution is -2.27. The van der Waals surface area contributed by atoms with E-state index in [0.29, 0.717) is 16.4 Å². The number of hydrogen-bond donors (Lipinski definition) is 2. The van der Waals surface area contributed by atoms with Gasteiger partial charge in [0.25, 0.3) is 0 Å². The lowest BCUT2D eigenvalue weighted by Gasteiger charge is -2.13. The molecule has 2 rings (SSSR count). The Balaban J connectivity index is 2.35. The van der Waals surface area contributed by atoms with Crippen LogP contribution in [0.4, 0.5) is 11.4 Å². The van der Waals surface area contributed by atoms with Gasteiger partial charge in [0.15, 0.2) is 0 Å². The Morgan fingerprint density at radius 1 is 1.30 bits per heavy atom. The number of anilines is 1. The highest BCUT2D eigenvalue weighted by Crippen LogP contribution is 2.28. The van der Waals surface area contributed by atoms with Crippen molar-refractivity contribution in [2.24, 2.45) is 4.99 Å². The van der Waals surface area contributed by atoms with Crippen LogP contribution in [0.15, 0.2) is 46.6 Å². The zero-order chi connectivity index (χ0) is 17.0. The molecule has 1 aliphatic carbocycles. The summed E-state index contributed by atoms with van der Waals surface area (Å²) in [5.41, 5.74) is 3.08. The summed E-state index contributed by atoms with van der Waals surface area (Å²) >= 11 is 6.21. The molecule has 6 heteroatoms. The molecule has 0 bridgehead atoms. The largest absolute Gasteiger partial charge is 0.384 e. The molecule has 1 aromatic carbocycles. The van der Waals surface area contributed by atoms with Crippen molar-refractivity contribution >= 4 is 40.4 Å². The average Bonchev–Trinajstić information content (AvgIpc) is 2.46. The van der Waals surface area contributed by atoms with Crippen LogP contribution in [0.25, 0.3) is 0 Å². The molecular weight excluding hydrogens is 314 g/mol. The van der Waals surface area contributed by atoms with Crippen molar-refractivity contribution in [2.45, 2.75) is 20.8 Å². The second-order valence-corrected chi connectivity index (χ2v) is 5.53. The Bertz CT molecular complexity index is 748. The Labute approximate surface area is 140 Å². The lowest BCUT2D eigenvalue weighted by molar-refractivity contribution is -0.120. The quantitative estimate of drug-likeness (QED) is 0.831. The third-order valence-electron chi connectivity index (χ3n) is 3.18. The molecule has 1 aliphatic rings. The summed E-state index contributed by atoms with van der Waals surface area (Å²) in [7, 11) is 0. The molecular formula is C17H18ClN3O2. The maximum Gasteiger partial charge on any atom is 0.221 e. The standard InChI is InChI=1S/C17H18ClN3O2/c1-4-19-14-6-5-12(8-13(14)18)21-15-9-16(20-11(3)22)17(23)7-10(15)2/h5-9,19H,4H2,1-3H3,(H,20,22). The van der Waals surface area contributed by atoms with Crippen molar-refractivity contribution in [3.8, 4) is 0 Å². The number of amides is 1. The Kier molecular flexibility index (Phi) is 5.34. The topological polar surface area (TPSA) is 70.6 Å². The Morgan fingerprint density at radius 3 is 2.65 bits per heavy atom. The van der Waals surface area contributed by atoms with Gasteiger partial charge in [0.05, 0.1) is 27.8 Å². The first-order valence-electron chi connectivity index (χ1n) is 7.25. The molecule has 5 nitrogen and oxygen atoms in total. The number of aliphatic imine (C=N–C) groups is 1. The number of nitrogens with zero attached hydrogens (tertiary/aromatic N) is 1. The highest BCUT2D eigenvalue weighted by Gasteiger charge is 2.17. The predicted molar refractivity (Wildman–Crippen MR) is 93.4 cm³/mol. The van der Waals surface area contributed by atoms with Crippen LogP contribution < -0.4 is 10.6 Å². The minimum atomic E-state index is -0.296. The van der Waals surface area contributed by atoms with Crippen LogP contribution >= 0.6 is 11.6 Å². The summed E-state index contributed by atoms with van der Waals surface area (Å²) in [6.07, 6.45) is 3.03. The van der Waals surface area contributed by atoms with Crippen molar-refractivity contribution in [3.05, 3.63) is 46.6 Å². The highest BCUT2D eigenvalue weighted by atomic mass is 35.5. The van der Waals surface area contributed by atoms with Crippen LogP contribution in [-0.2, 0) is 9.59 Å². The third kappa shape index (κ3) is 4.29. The molecule has 0 radical (unpaired) electrons. The van der Waals surface area contributed by atoms with Crippen molar-refractivity contribution in [2.75, 3.05) is 11.9 Å². The fraction of sp³-hybridized carbons (Fsp3) is 0.235. The molecule has 0 saturated heterocycles. The van der Waals surface area contributed by atoms with E-state index in [1.54, 1.807) is 19.1 Å². The minimum Gasteiger partial charge on any atom is -0.384 e. The van der Waals surface area contributed by atoms with E-state index in [4.69, 9.17) is 11.6 Å². The van der Waals surface area contributed by atoms with Crippen molar-refractivity contribution in [1.29, 1.82) is 0 Å². The number of allylic oxidation sites excluding steroid dienone is 3. The van der Waals surface area contributed by atoms with Crippen LogP contribution in [-0.4, -0.2) is 23.9 Å². The average molecular weight is 332 g/mol. The molecule has 0 atom stereocenters. The number of ketones is 1. The van der Waals surface area contributed by atoms with Gasteiger partial charge in [0, 0.05) is 13.5 Å². The van der Waals surface area contributed by atoms with Gasteiger partial charge in [-0.15, -0.1) is 0 Å². The van der Waals surface area contributed by atoms with E-state index in [1.807, 2.05) is 19.1 Å². The van der Waals surface area contributed by atoms with Gasteiger partial charge in [-0.1, -0.05) is 11.6 Å². The van der Waals surface area contributed by atoms with Crippen LogP contribution in [0, 0.1) is 0 Å². The number of rotatable bonds is 4. The van der Waals surface area contributed by atoms with Gasteiger partial charge in [0.1, 0.15) is 0 Å². The first kappa shape index (κ1) is 17.0. The van der Waals surface area contributed by atoms with E-state index in [-0.39, 0.29) is 17.4 Å². The molecule has 0 fully saturated rings. The summed E-state index contributed by atoms with van der Waals surface area (Å²) in [5.74, 6) is -0.535. The van der Waals surface area contributed by atoms with Crippen LogP contribution in [0.5, 0.6) is 0 Å². The third-order valence-corrected chi connectivity index (χ3v) is 3.49. The maximum absolute atomic E-state index is 11.9. The lowest BCUT2D eigenvalue weighted by atomic mass is 10.0. The number of hydrogen-bond acceptors (Lipinski definition) is 4. The first-order chi connectivity index (χ1) is 10.9. The zero-order valence-corrected chi connectivity index (χ0v) is 14.0. The van der Waals surface area contributed by atoms with E-state index in [1.165, 1.54) is 13.0 Å². The number of benzene rings is 1. The van der Waals surface area contributed by atoms with Gasteiger partial charge in [-0.3, -0.25) is 9.59 Å². The van der Waals surface area contributed by atoms with E-state index in [9.17, 15) is 9.59 Å². The van der Waals surface area contributed by atoms with E-state index in [0.717, 1.165) is 17.8 Å². The minimum absolute atomic E-state index is 0.220. The normalized spacial score (nSPS) is 16.0. The number of halogens is 1. The van der Waals surface area contributed by atoms with Crippen molar-refractivity contribution in [3.63, 3.8) is 0 Å². The maximum atomic E-state index is 11.9. The molecule has 0 aliphatic heterocycles. The summed E-state index contributed by atoms with van der Waals surface area (Å²) in [6.45, 7) is 5.92. The molecule has 0 heterocycles. The van der Waals surface area contributed by atoms with Gasteiger partial charge < -0.3 is 10.6 Å². The molecule has 2 N–H and O–H groups in total. The Morgan fingerprint density at radius 2 is 2.04 bits per heavy atom. The summed E-state index contributed by atoms with van der Waals surface area (Å²) < 4.78 is 0. The van der Waals surface area contributed by atoms with Gasteiger partial charge in [0.2, 0.25) is 11.7 Å². The summed E-state index contributed by atoms with van der Waals surface area (Å²) in [4.78, 5) is 27.5. The molecule has 1 aromatic rings. The molecule has 0 aromatic heterocycles. The Hall–Kier alpha value is -2.40. The zero-order valence-electron chi connectivity index (χ0n) is 13.2. The molecule has 0 spiro atoms. The fourth-order valence-electron chi connectivity index (χ4n) is 2.12. The molecule has 120 valence electrons. The monoisotopic (exact) mass is 331 g/mol. The predicted octanol–water partition coefficient (Wildman–Crippen LogP) is 3.39.